The highest BCUT2D eigenvalue weighted by atomic mass is 127. The second-order valence-corrected chi connectivity index (χ2v) is 6.55. The maximum absolute atomic E-state index is 6.05. The topological polar surface area (TPSA) is 67.8 Å². The maximum atomic E-state index is 6.05. The van der Waals surface area contributed by atoms with Crippen LogP contribution >= 0.6 is 24.0 Å². The van der Waals surface area contributed by atoms with Crippen molar-refractivity contribution in [2.24, 2.45) is 4.99 Å². The number of halogens is 1. The lowest BCUT2D eigenvalue weighted by molar-refractivity contribution is 0.145. The van der Waals surface area contributed by atoms with Gasteiger partial charge >= 0.3 is 0 Å². The van der Waals surface area contributed by atoms with Crippen LogP contribution in [0, 0.1) is 0 Å². The van der Waals surface area contributed by atoms with E-state index in [1.807, 2.05) is 25.3 Å². The summed E-state index contributed by atoms with van der Waals surface area (Å²) in [4.78, 5) is 9.02. The monoisotopic (exact) mass is 490 g/mol. The minimum Gasteiger partial charge on any atom is -0.474 e. The van der Waals surface area contributed by atoms with Crippen LogP contribution in [0.4, 0.5) is 0 Å². The Morgan fingerprint density at radius 2 is 2.04 bits per heavy atom. The van der Waals surface area contributed by atoms with Crippen LogP contribution in [0.1, 0.15) is 57.9 Å². The molecule has 1 aromatic heterocycles. The van der Waals surface area contributed by atoms with Crippen molar-refractivity contribution in [1.29, 1.82) is 0 Å². The van der Waals surface area contributed by atoms with Gasteiger partial charge in [-0.25, -0.2) is 9.98 Å². The van der Waals surface area contributed by atoms with E-state index in [9.17, 15) is 0 Å². The van der Waals surface area contributed by atoms with Gasteiger partial charge in [-0.05, 0) is 57.6 Å². The molecule has 7 heteroatoms. The van der Waals surface area contributed by atoms with Gasteiger partial charge in [-0.3, -0.25) is 0 Å². The van der Waals surface area contributed by atoms with Gasteiger partial charge in [0, 0.05) is 38.6 Å². The fraction of sp³-hybridized carbons (Fsp3) is 0.700. The van der Waals surface area contributed by atoms with Crippen molar-refractivity contribution in [3.05, 3.63) is 23.9 Å². The molecule has 0 radical (unpaired) electrons. The molecular formula is C20H35IN4O2. The summed E-state index contributed by atoms with van der Waals surface area (Å²) in [6, 6.07) is 4.01. The van der Waals surface area contributed by atoms with E-state index in [-0.39, 0.29) is 24.0 Å². The Morgan fingerprint density at radius 3 is 2.78 bits per heavy atom. The molecule has 27 heavy (non-hydrogen) atoms. The van der Waals surface area contributed by atoms with E-state index in [0.29, 0.717) is 12.6 Å². The van der Waals surface area contributed by atoms with E-state index >= 15 is 0 Å². The van der Waals surface area contributed by atoms with Crippen LogP contribution in [0.2, 0.25) is 0 Å². The van der Waals surface area contributed by atoms with E-state index in [4.69, 9.17) is 9.47 Å². The lowest BCUT2D eigenvalue weighted by Crippen LogP contribution is -2.38. The van der Waals surface area contributed by atoms with Crippen molar-refractivity contribution in [2.75, 3.05) is 26.3 Å². The van der Waals surface area contributed by atoms with Gasteiger partial charge in [-0.2, -0.15) is 0 Å². The number of guanidine groups is 1. The summed E-state index contributed by atoms with van der Waals surface area (Å²) in [5.74, 6) is 1.55. The summed E-state index contributed by atoms with van der Waals surface area (Å²) in [6.07, 6.45) is 9.22. The third kappa shape index (κ3) is 10.1. The summed E-state index contributed by atoms with van der Waals surface area (Å²) in [7, 11) is 0. The Balaban J connectivity index is 0.00000364. The van der Waals surface area contributed by atoms with Gasteiger partial charge < -0.3 is 20.1 Å². The second kappa shape index (κ2) is 14.9. The normalized spacial score (nSPS) is 15.1. The fourth-order valence-corrected chi connectivity index (χ4v) is 3.00. The first-order chi connectivity index (χ1) is 12.8. The van der Waals surface area contributed by atoms with Crippen LogP contribution in [0.5, 0.6) is 5.88 Å². The zero-order valence-corrected chi connectivity index (χ0v) is 19.0. The Morgan fingerprint density at radius 1 is 1.22 bits per heavy atom. The van der Waals surface area contributed by atoms with E-state index in [2.05, 4.69) is 27.5 Å². The SMILES string of the molecule is CCNC(=NCc1ccnc(OC2CCCCC2)c1)NCCCOCC.I. The highest BCUT2D eigenvalue weighted by molar-refractivity contribution is 14.0. The van der Waals surface area contributed by atoms with Gasteiger partial charge in [0.05, 0.1) is 6.54 Å². The number of rotatable bonds is 10. The predicted molar refractivity (Wildman–Crippen MR) is 121 cm³/mol. The Kier molecular flexibility index (Phi) is 13.2. The van der Waals surface area contributed by atoms with Crippen molar-refractivity contribution in [2.45, 2.75) is 65.0 Å². The van der Waals surface area contributed by atoms with Crippen molar-refractivity contribution in [3.8, 4) is 5.88 Å². The molecule has 0 atom stereocenters. The van der Waals surface area contributed by atoms with Crippen molar-refractivity contribution < 1.29 is 9.47 Å². The van der Waals surface area contributed by atoms with Gasteiger partial charge in [0.25, 0.3) is 0 Å². The molecule has 2 rings (SSSR count). The minimum absolute atomic E-state index is 0. The summed E-state index contributed by atoms with van der Waals surface area (Å²) in [5.41, 5.74) is 1.11. The van der Waals surface area contributed by atoms with E-state index < -0.39 is 0 Å². The zero-order valence-electron chi connectivity index (χ0n) is 16.7. The molecule has 1 saturated carbocycles. The van der Waals surface area contributed by atoms with Crippen LogP contribution in [0.3, 0.4) is 0 Å². The van der Waals surface area contributed by atoms with Crippen LogP contribution in [0.25, 0.3) is 0 Å². The number of ether oxygens (including phenoxy) is 2. The third-order valence-electron chi connectivity index (χ3n) is 4.36. The van der Waals surface area contributed by atoms with Crippen LogP contribution in [-0.4, -0.2) is 43.4 Å². The number of aliphatic imine (C=N–C) groups is 1. The molecule has 0 saturated heterocycles. The van der Waals surface area contributed by atoms with Crippen molar-refractivity contribution >= 4 is 29.9 Å². The molecule has 1 aliphatic rings. The van der Waals surface area contributed by atoms with Crippen LogP contribution in [-0.2, 0) is 11.3 Å². The van der Waals surface area contributed by atoms with Gasteiger partial charge in [0.15, 0.2) is 5.96 Å². The average Bonchev–Trinajstić information content (AvgIpc) is 2.67. The lowest BCUT2D eigenvalue weighted by Gasteiger charge is -2.22. The molecule has 1 aromatic rings. The van der Waals surface area contributed by atoms with Gasteiger partial charge in [0.2, 0.25) is 5.88 Å². The highest BCUT2D eigenvalue weighted by Gasteiger charge is 2.15. The first-order valence-corrected chi connectivity index (χ1v) is 10.0. The molecule has 0 amide bonds. The molecule has 1 heterocycles. The molecule has 0 unspecified atom stereocenters. The molecule has 2 N–H and O–H groups in total. The highest BCUT2D eigenvalue weighted by Crippen LogP contribution is 2.22. The molecule has 0 bridgehead atoms. The van der Waals surface area contributed by atoms with E-state index in [1.165, 1.54) is 19.3 Å². The van der Waals surface area contributed by atoms with Gasteiger partial charge in [-0.15, -0.1) is 24.0 Å². The number of hydrogen-bond donors (Lipinski definition) is 2. The third-order valence-corrected chi connectivity index (χ3v) is 4.36. The van der Waals surface area contributed by atoms with E-state index in [0.717, 1.165) is 63.0 Å². The fourth-order valence-electron chi connectivity index (χ4n) is 3.00. The first kappa shape index (κ1) is 23.9. The molecule has 154 valence electrons. The molecule has 0 aliphatic heterocycles. The lowest BCUT2D eigenvalue weighted by atomic mass is 9.98. The smallest absolute Gasteiger partial charge is 0.213 e. The van der Waals surface area contributed by atoms with Crippen molar-refractivity contribution in [3.63, 3.8) is 0 Å². The Bertz CT molecular complexity index is 536. The van der Waals surface area contributed by atoms with Gasteiger partial charge in [-0.1, -0.05) is 6.42 Å². The van der Waals surface area contributed by atoms with Crippen molar-refractivity contribution in [1.82, 2.24) is 15.6 Å². The number of nitrogens with one attached hydrogen (secondary N) is 2. The standard InChI is InChI=1S/C20H34N4O2.HI/c1-3-21-20(23-12-8-14-25-4-2)24-16-17-11-13-22-19(15-17)26-18-9-6-5-7-10-18;/h11,13,15,18H,3-10,12,14,16H2,1-2H3,(H2,21,23,24);1H. The molecule has 1 aliphatic carbocycles. The van der Waals surface area contributed by atoms with Crippen LogP contribution in [0.15, 0.2) is 23.3 Å². The number of hydrogen-bond acceptors (Lipinski definition) is 4. The van der Waals surface area contributed by atoms with Gasteiger partial charge in [0.1, 0.15) is 6.10 Å². The maximum Gasteiger partial charge on any atom is 0.213 e. The molecular weight excluding hydrogens is 455 g/mol. The summed E-state index contributed by atoms with van der Waals surface area (Å²) < 4.78 is 11.4. The second-order valence-electron chi connectivity index (χ2n) is 6.55. The number of pyridine rings is 1. The zero-order chi connectivity index (χ0) is 18.5. The number of nitrogens with zero attached hydrogens (tertiary/aromatic N) is 2. The number of aromatic nitrogens is 1. The summed E-state index contributed by atoms with van der Waals surface area (Å²) in [5, 5.41) is 6.62. The Labute approximate surface area is 180 Å². The average molecular weight is 490 g/mol. The van der Waals surface area contributed by atoms with E-state index in [1.54, 1.807) is 0 Å². The van der Waals surface area contributed by atoms with Crippen LogP contribution < -0.4 is 15.4 Å². The minimum atomic E-state index is 0. The first-order valence-electron chi connectivity index (χ1n) is 10.0. The largest absolute Gasteiger partial charge is 0.474 e. The molecule has 0 aromatic carbocycles. The molecule has 6 nitrogen and oxygen atoms in total. The Hall–Kier alpha value is -1.09. The summed E-state index contributed by atoms with van der Waals surface area (Å²) >= 11 is 0. The molecule has 0 spiro atoms. The predicted octanol–water partition coefficient (Wildman–Crippen LogP) is 3.89. The quantitative estimate of drug-likeness (QED) is 0.226. The molecule has 1 fully saturated rings. The summed E-state index contributed by atoms with van der Waals surface area (Å²) in [6.45, 7) is 7.91.